The van der Waals surface area contributed by atoms with Gasteiger partial charge in [-0.3, -0.25) is 4.21 Å². The van der Waals surface area contributed by atoms with Crippen molar-refractivity contribution in [2.75, 3.05) is 19.4 Å². The Morgan fingerprint density at radius 3 is 3.00 bits per heavy atom. The molecule has 0 heterocycles. The van der Waals surface area contributed by atoms with Crippen LogP contribution in [0, 0.1) is 11.3 Å². The van der Waals surface area contributed by atoms with Gasteiger partial charge in [-0.2, -0.15) is 5.26 Å². The van der Waals surface area contributed by atoms with Crippen LogP contribution in [0.4, 0.5) is 0 Å². The van der Waals surface area contributed by atoms with Crippen molar-refractivity contribution in [3.63, 3.8) is 0 Å². The van der Waals surface area contributed by atoms with E-state index >= 15 is 0 Å². The van der Waals surface area contributed by atoms with Crippen LogP contribution in [0.2, 0.25) is 0 Å². The lowest BCUT2D eigenvalue weighted by molar-refractivity contribution is 0.367. The van der Waals surface area contributed by atoms with Crippen LogP contribution in [-0.4, -0.2) is 28.9 Å². The van der Waals surface area contributed by atoms with E-state index in [0.29, 0.717) is 5.75 Å². The zero-order valence-electron chi connectivity index (χ0n) is 11.4. The summed E-state index contributed by atoms with van der Waals surface area (Å²) in [5.41, 5.74) is 1.11. The van der Waals surface area contributed by atoms with Crippen molar-refractivity contribution in [1.29, 1.82) is 5.26 Å². The number of benzene rings is 1. The average molecular weight is 280 g/mol. The molecule has 104 valence electrons. The van der Waals surface area contributed by atoms with Gasteiger partial charge in [0.1, 0.15) is 11.8 Å². The number of ether oxygens (including phenoxy) is 1. The maximum Gasteiger partial charge on any atom is 0.174 e. The number of nitrogens with zero attached hydrogens (tertiary/aromatic N) is 1. The highest BCUT2D eigenvalue weighted by molar-refractivity contribution is 7.84. The van der Waals surface area contributed by atoms with E-state index in [0.717, 1.165) is 25.1 Å². The van der Waals surface area contributed by atoms with Gasteiger partial charge in [0.25, 0.3) is 0 Å². The fourth-order valence-electron chi connectivity index (χ4n) is 1.56. The summed E-state index contributed by atoms with van der Waals surface area (Å²) in [6.45, 7) is 3.64. The molecule has 0 aliphatic heterocycles. The van der Waals surface area contributed by atoms with Crippen LogP contribution in [0.25, 0.3) is 0 Å². The molecule has 4 nitrogen and oxygen atoms in total. The monoisotopic (exact) mass is 280 g/mol. The van der Waals surface area contributed by atoms with Gasteiger partial charge in [0.05, 0.1) is 0 Å². The van der Waals surface area contributed by atoms with Gasteiger partial charge in [-0.05, 0) is 30.7 Å². The zero-order valence-corrected chi connectivity index (χ0v) is 12.2. The fraction of sp³-hybridized carbons (Fsp3) is 0.500. The number of rotatable bonds is 8. The Morgan fingerprint density at radius 1 is 1.53 bits per heavy atom. The second kappa shape index (κ2) is 8.68. The Hall–Kier alpha value is -1.38. The highest BCUT2D eigenvalue weighted by Crippen LogP contribution is 2.13. The van der Waals surface area contributed by atoms with E-state index in [4.69, 9.17) is 10.00 Å². The SMILES string of the molecule is CC(CCNCc1cccc(OCC#N)c1)S(C)=O. The molecule has 1 N–H and O–H groups in total. The molecule has 1 rings (SSSR count). The Bertz CT molecular complexity index is 457. The van der Waals surface area contributed by atoms with Crippen molar-refractivity contribution in [2.24, 2.45) is 0 Å². The molecular formula is C14H20N2O2S. The summed E-state index contributed by atoms with van der Waals surface area (Å²) in [5, 5.41) is 12.0. The normalized spacial score (nSPS) is 13.5. The first-order chi connectivity index (χ1) is 9.13. The first kappa shape index (κ1) is 15.7. The van der Waals surface area contributed by atoms with Crippen LogP contribution in [-0.2, 0) is 17.3 Å². The molecule has 0 aromatic heterocycles. The minimum Gasteiger partial charge on any atom is -0.479 e. The first-order valence-electron chi connectivity index (χ1n) is 6.25. The van der Waals surface area contributed by atoms with Crippen LogP contribution in [0.3, 0.4) is 0 Å². The van der Waals surface area contributed by atoms with Crippen molar-refractivity contribution >= 4 is 10.8 Å². The third-order valence-electron chi connectivity index (χ3n) is 2.83. The Balaban J connectivity index is 2.33. The fourth-order valence-corrected chi connectivity index (χ4v) is 2.01. The molecule has 0 fully saturated rings. The molecule has 0 saturated carbocycles. The summed E-state index contributed by atoms with van der Waals surface area (Å²) in [5.74, 6) is 0.712. The highest BCUT2D eigenvalue weighted by Gasteiger charge is 2.05. The van der Waals surface area contributed by atoms with Gasteiger partial charge in [0.15, 0.2) is 6.61 Å². The van der Waals surface area contributed by atoms with E-state index < -0.39 is 10.8 Å². The predicted octanol–water partition coefficient (Wildman–Crippen LogP) is 1.84. The van der Waals surface area contributed by atoms with Gasteiger partial charge >= 0.3 is 0 Å². The number of nitriles is 1. The number of hydrogen-bond donors (Lipinski definition) is 1. The molecule has 0 aliphatic carbocycles. The van der Waals surface area contributed by atoms with E-state index in [1.54, 1.807) is 6.26 Å². The van der Waals surface area contributed by atoms with Gasteiger partial charge in [-0.15, -0.1) is 0 Å². The van der Waals surface area contributed by atoms with E-state index in [9.17, 15) is 4.21 Å². The van der Waals surface area contributed by atoms with Gasteiger partial charge in [0, 0.05) is 28.9 Å². The molecular weight excluding hydrogens is 260 g/mol. The van der Waals surface area contributed by atoms with Crippen molar-refractivity contribution in [1.82, 2.24) is 5.32 Å². The van der Waals surface area contributed by atoms with Crippen molar-refractivity contribution in [3.05, 3.63) is 29.8 Å². The second-order valence-corrected chi connectivity index (χ2v) is 6.17. The van der Waals surface area contributed by atoms with E-state index in [1.807, 2.05) is 37.3 Å². The summed E-state index contributed by atoms with van der Waals surface area (Å²) in [4.78, 5) is 0. The van der Waals surface area contributed by atoms with E-state index in [-0.39, 0.29) is 11.9 Å². The topological polar surface area (TPSA) is 62.1 Å². The van der Waals surface area contributed by atoms with E-state index in [2.05, 4.69) is 5.32 Å². The number of nitrogens with one attached hydrogen (secondary N) is 1. The quantitative estimate of drug-likeness (QED) is 0.738. The van der Waals surface area contributed by atoms with Crippen LogP contribution >= 0.6 is 0 Å². The molecule has 0 aliphatic rings. The third kappa shape index (κ3) is 6.37. The lowest BCUT2D eigenvalue weighted by atomic mass is 10.2. The zero-order chi connectivity index (χ0) is 14.1. The van der Waals surface area contributed by atoms with Crippen LogP contribution in [0.5, 0.6) is 5.75 Å². The summed E-state index contributed by atoms with van der Waals surface area (Å²) >= 11 is 0. The van der Waals surface area contributed by atoms with Gasteiger partial charge in [-0.1, -0.05) is 19.1 Å². The maximum absolute atomic E-state index is 11.2. The van der Waals surface area contributed by atoms with Crippen molar-refractivity contribution in [2.45, 2.75) is 25.1 Å². The molecule has 0 bridgehead atoms. The minimum atomic E-state index is -0.756. The van der Waals surface area contributed by atoms with Crippen molar-refractivity contribution < 1.29 is 8.95 Å². The lowest BCUT2D eigenvalue weighted by Crippen LogP contribution is -2.20. The first-order valence-corrected chi connectivity index (χ1v) is 7.87. The molecule has 2 unspecified atom stereocenters. The molecule has 0 radical (unpaired) electrons. The molecule has 0 saturated heterocycles. The summed E-state index contributed by atoms with van der Waals surface area (Å²) in [6, 6.07) is 9.62. The highest BCUT2D eigenvalue weighted by atomic mass is 32.2. The summed E-state index contributed by atoms with van der Waals surface area (Å²) in [6.07, 6.45) is 2.63. The third-order valence-corrected chi connectivity index (χ3v) is 4.19. The average Bonchev–Trinajstić information content (AvgIpc) is 2.41. The largest absolute Gasteiger partial charge is 0.479 e. The molecule has 5 heteroatoms. The lowest BCUT2D eigenvalue weighted by Gasteiger charge is -2.10. The second-order valence-electron chi connectivity index (χ2n) is 4.37. The Labute approximate surface area is 117 Å². The Kier molecular flexibility index (Phi) is 7.16. The molecule has 0 amide bonds. The molecule has 0 spiro atoms. The molecule has 1 aromatic carbocycles. The molecule has 19 heavy (non-hydrogen) atoms. The standard InChI is InChI=1S/C14H20N2O2S/c1-12(19(2)17)6-8-16-11-13-4-3-5-14(10-13)18-9-7-15/h3-5,10,12,16H,6,8-9,11H2,1-2H3. The van der Waals surface area contributed by atoms with Gasteiger partial charge in [0.2, 0.25) is 0 Å². The van der Waals surface area contributed by atoms with Crippen LogP contribution in [0.1, 0.15) is 18.9 Å². The predicted molar refractivity (Wildman–Crippen MR) is 77.4 cm³/mol. The summed E-state index contributed by atoms with van der Waals surface area (Å²) in [7, 11) is -0.756. The van der Waals surface area contributed by atoms with Crippen molar-refractivity contribution in [3.8, 4) is 11.8 Å². The summed E-state index contributed by atoms with van der Waals surface area (Å²) < 4.78 is 16.4. The molecule has 2 atom stereocenters. The van der Waals surface area contributed by atoms with E-state index in [1.165, 1.54) is 0 Å². The number of hydrogen-bond acceptors (Lipinski definition) is 4. The van der Waals surface area contributed by atoms with Gasteiger partial charge in [-0.25, -0.2) is 0 Å². The minimum absolute atomic E-state index is 0.0662. The van der Waals surface area contributed by atoms with Crippen LogP contribution in [0.15, 0.2) is 24.3 Å². The molecule has 1 aromatic rings. The smallest absolute Gasteiger partial charge is 0.174 e. The maximum atomic E-state index is 11.2. The van der Waals surface area contributed by atoms with Crippen LogP contribution < -0.4 is 10.1 Å². The van der Waals surface area contributed by atoms with Gasteiger partial charge < -0.3 is 10.1 Å². The Morgan fingerprint density at radius 2 is 2.32 bits per heavy atom.